The largest absolute Gasteiger partial charge is 0.301 e. The summed E-state index contributed by atoms with van der Waals surface area (Å²) in [4.78, 5) is 36.4. The molecular weight excluding hydrogens is 389 g/mol. The van der Waals surface area contributed by atoms with E-state index in [1.54, 1.807) is 6.07 Å². The van der Waals surface area contributed by atoms with Crippen molar-refractivity contribution >= 4 is 40.2 Å². The third-order valence-corrected chi connectivity index (χ3v) is 6.21. The first kappa shape index (κ1) is 18.4. The van der Waals surface area contributed by atoms with Crippen LogP contribution in [0.4, 0.5) is 4.39 Å². The summed E-state index contributed by atoms with van der Waals surface area (Å²) in [5.74, 6) is -1.09. The van der Waals surface area contributed by atoms with Gasteiger partial charge in [-0.1, -0.05) is 17.7 Å². The van der Waals surface area contributed by atoms with Gasteiger partial charge < -0.3 is 4.90 Å². The molecule has 8 heteroatoms. The highest BCUT2D eigenvalue weighted by molar-refractivity contribution is 7.17. The predicted octanol–water partition coefficient (Wildman–Crippen LogP) is 3.91. The summed E-state index contributed by atoms with van der Waals surface area (Å²) >= 11 is 7.09. The first-order valence-electron chi connectivity index (χ1n) is 8.83. The van der Waals surface area contributed by atoms with Gasteiger partial charge in [-0.15, -0.1) is 11.3 Å². The maximum absolute atomic E-state index is 14.2. The fraction of sp³-hybridized carbons (Fsp3) is 0.368. The van der Waals surface area contributed by atoms with Crippen molar-refractivity contribution in [2.45, 2.75) is 19.3 Å². The molecule has 2 aromatic rings. The van der Waals surface area contributed by atoms with Crippen LogP contribution in [-0.2, 0) is 0 Å². The Morgan fingerprint density at radius 2 is 2.04 bits per heavy atom. The summed E-state index contributed by atoms with van der Waals surface area (Å²) in [5, 5.41) is 0.434. The average Bonchev–Trinajstić information content (AvgIpc) is 3.29. The van der Waals surface area contributed by atoms with Crippen LogP contribution in [0.1, 0.15) is 39.4 Å². The normalized spacial score (nSPS) is 19.1. The van der Waals surface area contributed by atoms with Gasteiger partial charge in [0, 0.05) is 6.54 Å². The number of Topliss-reactive ketones (excluding diaryl/α,β-unsaturated/α-hetero) is 2. The second kappa shape index (κ2) is 7.58. The van der Waals surface area contributed by atoms with E-state index in [2.05, 4.69) is 14.9 Å². The second-order valence-electron chi connectivity index (χ2n) is 6.60. The third kappa shape index (κ3) is 3.59. The van der Waals surface area contributed by atoms with Crippen molar-refractivity contribution in [3.05, 3.63) is 39.6 Å². The van der Waals surface area contributed by atoms with E-state index >= 15 is 0 Å². The van der Waals surface area contributed by atoms with Gasteiger partial charge in [-0.3, -0.25) is 14.6 Å². The molecule has 2 heterocycles. The summed E-state index contributed by atoms with van der Waals surface area (Å²) < 4.78 is 14.2. The summed E-state index contributed by atoms with van der Waals surface area (Å²) in [5.41, 5.74) is 0.417. The molecule has 0 radical (unpaired) electrons. The number of carbonyl (C=O) groups excluding carboxylic acids is 2. The lowest BCUT2D eigenvalue weighted by Gasteiger charge is -2.14. The first-order valence-corrected chi connectivity index (χ1v) is 10.0. The molecule has 1 fully saturated rings. The molecule has 1 aromatic carbocycles. The molecule has 0 bridgehead atoms. The molecule has 27 heavy (non-hydrogen) atoms. The number of aromatic nitrogens is 1. The third-order valence-electron chi connectivity index (χ3n) is 4.78. The van der Waals surface area contributed by atoms with Crippen molar-refractivity contribution < 1.29 is 14.0 Å². The molecule has 0 amide bonds. The number of aliphatic imine (C=N–C) groups is 1. The molecule has 5 nitrogen and oxygen atoms in total. The molecule has 1 aromatic heterocycles. The molecule has 0 spiro atoms. The Hall–Kier alpha value is -1.96. The van der Waals surface area contributed by atoms with Crippen molar-refractivity contribution in [1.29, 1.82) is 0 Å². The van der Waals surface area contributed by atoms with Gasteiger partial charge in [0.05, 0.1) is 29.3 Å². The molecular formula is C19H17ClFN3O2S. The number of hydrogen-bond donors (Lipinski definition) is 0. The number of halogens is 2. The van der Waals surface area contributed by atoms with Gasteiger partial charge in [-0.05, 0) is 38.1 Å². The van der Waals surface area contributed by atoms with Crippen LogP contribution in [-0.4, -0.2) is 53.3 Å². The summed E-state index contributed by atoms with van der Waals surface area (Å²) in [6.07, 6.45) is 2.35. The van der Waals surface area contributed by atoms with Crippen LogP contribution in [0.15, 0.2) is 23.2 Å². The Morgan fingerprint density at radius 3 is 2.78 bits per heavy atom. The van der Waals surface area contributed by atoms with Crippen LogP contribution in [0.25, 0.3) is 10.6 Å². The molecule has 1 aliphatic carbocycles. The number of nitrogens with zero attached hydrogens (tertiary/aromatic N) is 3. The van der Waals surface area contributed by atoms with Crippen LogP contribution in [0.5, 0.6) is 0 Å². The molecule has 0 unspecified atom stereocenters. The van der Waals surface area contributed by atoms with Gasteiger partial charge in [0.15, 0.2) is 5.78 Å². The fourth-order valence-electron chi connectivity index (χ4n) is 3.38. The zero-order valence-corrected chi connectivity index (χ0v) is 16.1. The van der Waals surface area contributed by atoms with E-state index in [1.807, 2.05) is 0 Å². The minimum Gasteiger partial charge on any atom is -0.301 e. The number of likely N-dealkylation sites (tertiary alicyclic amines) is 1. The highest BCUT2D eigenvalue weighted by Crippen LogP contribution is 2.37. The minimum atomic E-state index is -0.534. The number of carbonyl (C=O) groups is 2. The molecule has 140 valence electrons. The molecule has 4 rings (SSSR count). The lowest BCUT2D eigenvalue weighted by atomic mass is 9.98. The van der Waals surface area contributed by atoms with Crippen molar-refractivity contribution in [1.82, 2.24) is 9.88 Å². The predicted molar refractivity (Wildman–Crippen MR) is 104 cm³/mol. The maximum atomic E-state index is 14.2. The van der Waals surface area contributed by atoms with E-state index in [1.165, 1.54) is 25.0 Å². The van der Waals surface area contributed by atoms with Crippen LogP contribution < -0.4 is 0 Å². The minimum absolute atomic E-state index is 0.0293. The molecule has 1 saturated heterocycles. The van der Waals surface area contributed by atoms with E-state index in [-0.39, 0.29) is 49.9 Å². The molecule has 1 aliphatic heterocycles. The number of benzene rings is 1. The zero-order valence-electron chi connectivity index (χ0n) is 14.5. The van der Waals surface area contributed by atoms with Gasteiger partial charge in [0.1, 0.15) is 21.4 Å². The smallest absolute Gasteiger partial charge is 0.227 e. The van der Waals surface area contributed by atoms with Gasteiger partial charge in [-0.25, -0.2) is 9.37 Å². The monoisotopic (exact) mass is 405 g/mol. The van der Waals surface area contributed by atoms with E-state index in [9.17, 15) is 14.0 Å². The molecule has 0 atom stereocenters. The molecule has 0 saturated carbocycles. The van der Waals surface area contributed by atoms with Crippen molar-refractivity contribution in [3.63, 3.8) is 0 Å². The Morgan fingerprint density at radius 1 is 1.26 bits per heavy atom. The van der Waals surface area contributed by atoms with Crippen LogP contribution in [0.2, 0.25) is 5.02 Å². The van der Waals surface area contributed by atoms with Gasteiger partial charge in [-0.2, -0.15) is 0 Å². The van der Waals surface area contributed by atoms with E-state index in [0.717, 1.165) is 31.0 Å². The number of fused-ring (bicyclic) bond motifs is 1. The number of thiazole rings is 1. The standard InChI is InChI=1S/C19H17ClFN3O2S/c20-11-4-3-5-12(21)15(11)19-23-16-17(26)13(10-14(25)18(16)27-19)22-6-9-24-7-1-2-8-24/h3-5H,1-2,6-10H2. The lowest BCUT2D eigenvalue weighted by molar-refractivity contribution is 0.0966. The van der Waals surface area contributed by atoms with Gasteiger partial charge in [0.2, 0.25) is 5.78 Å². The Bertz CT molecular complexity index is 930. The van der Waals surface area contributed by atoms with Crippen molar-refractivity contribution in [2.24, 2.45) is 4.99 Å². The second-order valence-corrected chi connectivity index (χ2v) is 8.01. The Labute approximate surface area is 164 Å². The maximum Gasteiger partial charge on any atom is 0.227 e. The number of ketones is 2. The molecule has 2 aliphatic rings. The topological polar surface area (TPSA) is 62.6 Å². The number of rotatable bonds is 4. The quantitative estimate of drug-likeness (QED) is 0.773. The Balaban J connectivity index is 1.60. The number of hydrogen-bond acceptors (Lipinski definition) is 6. The first-order chi connectivity index (χ1) is 13.0. The van der Waals surface area contributed by atoms with E-state index in [4.69, 9.17) is 11.6 Å². The summed E-state index contributed by atoms with van der Waals surface area (Å²) in [6, 6.07) is 4.32. The van der Waals surface area contributed by atoms with Crippen molar-refractivity contribution in [2.75, 3.05) is 26.2 Å². The van der Waals surface area contributed by atoms with Crippen LogP contribution >= 0.6 is 22.9 Å². The highest BCUT2D eigenvalue weighted by atomic mass is 35.5. The van der Waals surface area contributed by atoms with Gasteiger partial charge in [0.25, 0.3) is 0 Å². The SMILES string of the molecule is O=C1C(=NCCN2CCCC2)CC(=O)c2sc(-c3c(F)cccc3Cl)nc21. The van der Waals surface area contributed by atoms with E-state index in [0.29, 0.717) is 6.54 Å². The van der Waals surface area contributed by atoms with Crippen LogP contribution in [0, 0.1) is 5.82 Å². The Kier molecular flexibility index (Phi) is 5.16. The average molecular weight is 406 g/mol. The zero-order chi connectivity index (χ0) is 19.0. The lowest BCUT2D eigenvalue weighted by Crippen LogP contribution is -2.28. The van der Waals surface area contributed by atoms with Gasteiger partial charge >= 0.3 is 0 Å². The highest BCUT2D eigenvalue weighted by Gasteiger charge is 2.34. The summed E-state index contributed by atoms with van der Waals surface area (Å²) in [7, 11) is 0. The molecule has 0 N–H and O–H groups in total. The fourth-order valence-corrected chi connectivity index (χ4v) is 4.75. The van der Waals surface area contributed by atoms with Crippen LogP contribution in [0.3, 0.4) is 0 Å². The van der Waals surface area contributed by atoms with Crippen molar-refractivity contribution in [3.8, 4) is 10.6 Å². The van der Waals surface area contributed by atoms with E-state index < -0.39 is 5.82 Å². The summed E-state index contributed by atoms with van der Waals surface area (Å²) in [6.45, 7) is 3.38.